The van der Waals surface area contributed by atoms with Gasteiger partial charge in [-0.25, -0.2) is 4.79 Å². The minimum absolute atomic E-state index is 0.0137. The number of benzene rings is 1. The Morgan fingerprint density at radius 2 is 1.43 bits per heavy atom. The summed E-state index contributed by atoms with van der Waals surface area (Å²) in [6.45, 7) is 16.3. The predicted octanol–water partition coefficient (Wildman–Crippen LogP) is 6.98. The Hall–Kier alpha value is -3.01. The van der Waals surface area contributed by atoms with Gasteiger partial charge < -0.3 is 34.6 Å². The van der Waals surface area contributed by atoms with E-state index < -0.39 is 30.4 Å². The Balaban J connectivity index is 2.64. The molecule has 0 aliphatic rings. The van der Waals surface area contributed by atoms with Crippen LogP contribution in [-0.2, 0) is 20.9 Å². The Labute approximate surface area is 295 Å². The van der Waals surface area contributed by atoms with Crippen molar-refractivity contribution in [2.75, 3.05) is 14.2 Å². The molecule has 1 rings (SSSR count). The number of aliphatic hydroxyl groups is 4. The van der Waals surface area contributed by atoms with E-state index in [0.29, 0.717) is 13.0 Å². The van der Waals surface area contributed by atoms with Crippen LogP contribution in [0.5, 0.6) is 5.75 Å². The number of carbonyl (C=O) groups is 1. The van der Waals surface area contributed by atoms with Crippen molar-refractivity contribution in [3.63, 3.8) is 0 Å². The van der Waals surface area contributed by atoms with Crippen LogP contribution in [0, 0.1) is 35.5 Å². The van der Waals surface area contributed by atoms with E-state index in [-0.39, 0.29) is 48.0 Å². The molecule has 1 aromatic carbocycles. The zero-order chi connectivity index (χ0) is 36.9. The molecule has 8 heteroatoms. The smallest absolute Gasteiger partial charge is 0.330 e. The summed E-state index contributed by atoms with van der Waals surface area (Å²) in [6, 6.07) is 7.80. The third-order valence-corrected chi connectivity index (χ3v) is 9.33. The van der Waals surface area contributed by atoms with Crippen molar-refractivity contribution < 1.29 is 39.4 Å². The van der Waals surface area contributed by atoms with Gasteiger partial charge in [0, 0.05) is 36.2 Å². The first-order chi connectivity index (χ1) is 23.2. The van der Waals surface area contributed by atoms with E-state index >= 15 is 0 Å². The third-order valence-electron chi connectivity index (χ3n) is 9.33. The zero-order valence-electron chi connectivity index (χ0n) is 31.0. The average Bonchev–Trinajstić information content (AvgIpc) is 3.09. The van der Waals surface area contributed by atoms with Gasteiger partial charge in [0.15, 0.2) is 0 Å². The number of aliphatic hydroxyl groups excluding tert-OH is 4. The maximum atomic E-state index is 11.2. The lowest BCUT2D eigenvalue weighted by Gasteiger charge is -2.32. The van der Waals surface area contributed by atoms with Gasteiger partial charge in [-0.05, 0) is 48.8 Å². The van der Waals surface area contributed by atoms with E-state index in [0.717, 1.165) is 24.2 Å². The lowest BCUT2D eigenvalue weighted by Crippen LogP contribution is -2.36. The van der Waals surface area contributed by atoms with Crippen LogP contribution < -0.4 is 4.74 Å². The molecule has 49 heavy (non-hydrogen) atoms. The van der Waals surface area contributed by atoms with Crippen molar-refractivity contribution >= 4 is 5.97 Å². The van der Waals surface area contributed by atoms with Crippen molar-refractivity contribution in [3.05, 3.63) is 91.1 Å². The first-order valence-corrected chi connectivity index (χ1v) is 17.6. The van der Waals surface area contributed by atoms with Gasteiger partial charge in [-0.2, -0.15) is 0 Å². The molecule has 0 radical (unpaired) electrons. The molecule has 1 aromatic rings. The van der Waals surface area contributed by atoms with Gasteiger partial charge in [-0.1, -0.05) is 109 Å². The summed E-state index contributed by atoms with van der Waals surface area (Å²) in [5.74, 6) is 0.199. The van der Waals surface area contributed by atoms with Crippen LogP contribution in [0.2, 0.25) is 0 Å². The maximum Gasteiger partial charge on any atom is 0.330 e. The second-order valence-electron chi connectivity index (χ2n) is 13.7. The van der Waals surface area contributed by atoms with Crippen LogP contribution in [0.25, 0.3) is 0 Å². The minimum Gasteiger partial charge on any atom is -0.497 e. The minimum atomic E-state index is -0.859. The Bertz CT molecular complexity index is 1170. The summed E-state index contributed by atoms with van der Waals surface area (Å²) in [7, 11) is 2.95. The molecule has 0 unspecified atom stereocenters. The lowest BCUT2D eigenvalue weighted by atomic mass is 9.82. The summed E-state index contributed by atoms with van der Waals surface area (Å²) >= 11 is 0. The van der Waals surface area contributed by atoms with E-state index in [9.17, 15) is 25.2 Å². The number of hydrogen-bond acceptors (Lipinski definition) is 8. The summed E-state index contributed by atoms with van der Waals surface area (Å²) in [6.07, 6.45) is 14.8. The van der Waals surface area contributed by atoms with Crippen LogP contribution in [0.4, 0.5) is 0 Å². The van der Waals surface area contributed by atoms with Crippen LogP contribution in [-0.4, -0.2) is 71.1 Å². The first kappa shape index (κ1) is 44.0. The maximum absolute atomic E-state index is 11.2. The van der Waals surface area contributed by atoms with Gasteiger partial charge >= 0.3 is 5.97 Å². The normalized spacial score (nSPS) is 19.3. The van der Waals surface area contributed by atoms with Gasteiger partial charge in [0.05, 0.1) is 51.3 Å². The highest BCUT2D eigenvalue weighted by atomic mass is 16.5. The van der Waals surface area contributed by atoms with Crippen molar-refractivity contribution in [1.82, 2.24) is 0 Å². The molecule has 0 saturated carbocycles. The van der Waals surface area contributed by atoms with E-state index in [1.54, 1.807) is 37.5 Å². The molecule has 0 amide bonds. The second-order valence-corrected chi connectivity index (χ2v) is 13.7. The number of rotatable bonds is 24. The Morgan fingerprint density at radius 3 is 2.04 bits per heavy atom. The fourth-order valence-electron chi connectivity index (χ4n) is 5.94. The van der Waals surface area contributed by atoms with Crippen molar-refractivity contribution in [2.24, 2.45) is 35.5 Å². The summed E-state index contributed by atoms with van der Waals surface area (Å²) < 4.78 is 16.2. The standard InChI is InChI=1S/C41H64O8/c1-10-11-14-31(5)41(49-27-34-19-22-36(47-8)23-20-34)33(7)37(43)24-17-28(2)25-32(6)40(46)30(4)18-21-35(42)26-38(44)29(3)15-12-13-16-39(45)48-9/h10-16,18-23,28-33,35,37-38,40-44,46H,1,17,24-27H2,2-9H3/b14-11-,15-12+,16-13-,21-18-/t28-,29+,30+,31-,32-,33-,35+,37+,38-,40+,41-/m0/s1. The highest BCUT2D eigenvalue weighted by Crippen LogP contribution is 2.29. The summed E-state index contributed by atoms with van der Waals surface area (Å²) in [4.78, 5) is 11.1. The van der Waals surface area contributed by atoms with Crippen molar-refractivity contribution in [2.45, 2.75) is 104 Å². The zero-order valence-corrected chi connectivity index (χ0v) is 31.0. The average molecular weight is 685 g/mol. The molecule has 0 saturated heterocycles. The highest BCUT2D eigenvalue weighted by Gasteiger charge is 2.29. The molecule has 0 aromatic heterocycles. The van der Waals surface area contributed by atoms with Gasteiger partial charge in [-0.3, -0.25) is 0 Å². The molecule has 276 valence electrons. The number of ether oxygens (including phenoxy) is 3. The molecule has 0 aliphatic heterocycles. The van der Waals surface area contributed by atoms with E-state index in [1.807, 2.05) is 64.1 Å². The number of carbonyl (C=O) groups excluding carboxylic acids is 1. The van der Waals surface area contributed by atoms with Gasteiger partial charge in [0.1, 0.15) is 5.75 Å². The van der Waals surface area contributed by atoms with Crippen LogP contribution in [0.1, 0.15) is 72.8 Å². The SMILES string of the molecule is C=C/C=C\[C@H](C)[C@H](OCc1ccc(OC)cc1)[C@@H](C)[C@H](O)CC[C@H](C)C[C@H](C)[C@H](O)[C@H](C)/C=C\[C@@H](O)C[C@H](O)[C@H](C)/C=C/C=C\C(=O)OC. The first-order valence-electron chi connectivity index (χ1n) is 17.6. The number of methoxy groups -OCH3 is 2. The number of esters is 1. The van der Waals surface area contributed by atoms with Crippen LogP contribution in [0.3, 0.4) is 0 Å². The van der Waals surface area contributed by atoms with Crippen molar-refractivity contribution in [1.29, 1.82) is 0 Å². The quantitative estimate of drug-likeness (QED) is 0.0398. The molecular weight excluding hydrogens is 620 g/mol. The molecule has 0 spiro atoms. The van der Waals surface area contributed by atoms with Gasteiger partial charge in [0.25, 0.3) is 0 Å². The predicted molar refractivity (Wildman–Crippen MR) is 198 cm³/mol. The molecule has 0 aliphatic carbocycles. The fraction of sp³-hybridized carbons (Fsp3) is 0.585. The number of hydrogen-bond donors (Lipinski definition) is 4. The van der Waals surface area contributed by atoms with Crippen LogP contribution in [0.15, 0.2) is 85.5 Å². The molecule has 0 bridgehead atoms. The lowest BCUT2D eigenvalue weighted by molar-refractivity contribution is -0.134. The Kier molecular flexibility index (Phi) is 21.7. The fourth-order valence-corrected chi connectivity index (χ4v) is 5.94. The summed E-state index contributed by atoms with van der Waals surface area (Å²) in [5.41, 5.74) is 1.04. The Morgan fingerprint density at radius 1 is 0.776 bits per heavy atom. The molecule has 4 N–H and O–H groups in total. The molecule has 0 fully saturated rings. The van der Waals surface area contributed by atoms with E-state index in [2.05, 4.69) is 31.2 Å². The molecule has 11 atom stereocenters. The molecule has 0 heterocycles. The third kappa shape index (κ3) is 17.5. The largest absolute Gasteiger partial charge is 0.497 e. The van der Waals surface area contributed by atoms with Crippen LogP contribution >= 0.6 is 0 Å². The van der Waals surface area contributed by atoms with E-state index in [1.165, 1.54) is 13.2 Å². The number of allylic oxidation sites excluding steroid dienone is 4. The second kappa shape index (κ2) is 24.2. The van der Waals surface area contributed by atoms with E-state index in [4.69, 9.17) is 9.47 Å². The summed E-state index contributed by atoms with van der Waals surface area (Å²) in [5, 5.41) is 43.2. The van der Waals surface area contributed by atoms with Gasteiger partial charge in [0.2, 0.25) is 0 Å². The molecule has 8 nitrogen and oxygen atoms in total. The molecular formula is C41H64O8. The van der Waals surface area contributed by atoms with Crippen molar-refractivity contribution in [3.8, 4) is 5.75 Å². The highest BCUT2D eigenvalue weighted by molar-refractivity contribution is 5.82. The van der Waals surface area contributed by atoms with Gasteiger partial charge in [-0.15, -0.1) is 0 Å². The topological polar surface area (TPSA) is 126 Å². The monoisotopic (exact) mass is 684 g/mol.